The fourth-order valence-electron chi connectivity index (χ4n) is 1.23. The van der Waals surface area contributed by atoms with Gasteiger partial charge in [-0.1, -0.05) is 23.3 Å². The third-order valence-corrected chi connectivity index (χ3v) is 5.03. The summed E-state index contributed by atoms with van der Waals surface area (Å²) in [4.78, 5) is -0.569. The highest BCUT2D eigenvalue weighted by Gasteiger charge is 2.23. The fraction of sp³-hybridized carbons (Fsp3) is 0.273. The molecule has 0 aliphatic carbocycles. The number of halogens is 3. The fourth-order valence-corrected chi connectivity index (χ4v) is 2.87. The van der Waals surface area contributed by atoms with Crippen LogP contribution < -0.4 is 10.5 Å². The van der Waals surface area contributed by atoms with Crippen molar-refractivity contribution < 1.29 is 12.8 Å². The van der Waals surface area contributed by atoms with Crippen molar-refractivity contribution >= 4 is 43.2 Å². The number of sulfonamides is 1. The Balaban J connectivity index is 3.19. The van der Waals surface area contributed by atoms with Crippen LogP contribution >= 0.6 is 27.5 Å². The summed E-state index contributed by atoms with van der Waals surface area (Å²) in [5.41, 5.74) is 6.05. The van der Waals surface area contributed by atoms with Gasteiger partial charge in [-0.2, -0.15) is 0 Å². The van der Waals surface area contributed by atoms with E-state index in [1.807, 2.05) is 13.8 Å². The molecule has 0 heterocycles. The molecule has 0 unspecified atom stereocenters. The van der Waals surface area contributed by atoms with Crippen LogP contribution in [0.2, 0.25) is 5.02 Å². The zero-order valence-corrected chi connectivity index (χ0v) is 13.5. The maximum absolute atomic E-state index is 13.9. The second-order valence-corrected chi connectivity index (χ2v) is 6.97. The smallest absolute Gasteiger partial charge is 0.243 e. The van der Waals surface area contributed by atoms with Crippen molar-refractivity contribution in [2.45, 2.75) is 18.7 Å². The van der Waals surface area contributed by atoms with E-state index in [0.717, 1.165) is 11.6 Å². The minimum atomic E-state index is -4.00. The van der Waals surface area contributed by atoms with Crippen LogP contribution in [0, 0.1) is 5.82 Å². The second-order valence-electron chi connectivity index (χ2n) is 4.03. The summed E-state index contributed by atoms with van der Waals surface area (Å²) in [5.74, 6) is -1.03. The Bertz CT molecular complexity index is 628. The van der Waals surface area contributed by atoms with Gasteiger partial charge in [0.05, 0.1) is 15.2 Å². The molecule has 19 heavy (non-hydrogen) atoms. The van der Waals surface area contributed by atoms with Gasteiger partial charge in [0.25, 0.3) is 0 Å². The van der Waals surface area contributed by atoms with Crippen molar-refractivity contribution in [2.75, 3.05) is 12.3 Å². The lowest BCUT2D eigenvalue weighted by atomic mass is 10.3. The highest BCUT2D eigenvalue weighted by atomic mass is 79.9. The number of nitrogen functional groups attached to an aromatic ring is 1. The lowest BCUT2D eigenvalue weighted by Crippen LogP contribution is -2.25. The third-order valence-electron chi connectivity index (χ3n) is 2.23. The van der Waals surface area contributed by atoms with Crippen molar-refractivity contribution in [1.82, 2.24) is 4.72 Å². The summed E-state index contributed by atoms with van der Waals surface area (Å²) < 4.78 is 40.1. The molecule has 8 heteroatoms. The second kappa shape index (κ2) is 6.21. The Morgan fingerprint density at radius 3 is 2.68 bits per heavy atom. The summed E-state index contributed by atoms with van der Waals surface area (Å²) in [6, 6.07) is 1.02. The van der Waals surface area contributed by atoms with Gasteiger partial charge in [0.15, 0.2) is 5.82 Å². The summed E-state index contributed by atoms with van der Waals surface area (Å²) in [6.07, 6.45) is 1.67. The monoisotopic (exact) mass is 370 g/mol. The molecule has 3 N–H and O–H groups in total. The van der Waals surface area contributed by atoms with Crippen LogP contribution in [0.5, 0.6) is 0 Å². The minimum absolute atomic E-state index is 0.0292. The molecule has 1 aromatic carbocycles. The molecule has 1 aromatic rings. The summed E-state index contributed by atoms with van der Waals surface area (Å²) >= 11 is 8.76. The van der Waals surface area contributed by atoms with E-state index < -0.39 is 20.7 Å². The molecule has 0 aliphatic heterocycles. The molecule has 0 radical (unpaired) electrons. The highest BCUT2D eigenvalue weighted by molar-refractivity contribution is 9.10. The van der Waals surface area contributed by atoms with Crippen LogP contribution in [0.3, 0.4) is 0 Å². The minimum Gasteiger partial charge on any atom is -0.395 e. The Kier molecular flexibility index (Phi) is 5.37. The van der Waals surface area contributed by atoms with E-state index in [1.54, 1.807) is 6.08 Å². The van der Waals surface area contributed by atoms with Crippen LogP contribution in [0.25, 0.3) is 0 Å². The van der Waals surface area contributed by atoms with E-state index in [2.05, 4.69) is 20.7 Å². The molecule has 0 fully saturated rings. The predicted molar refractivity (Wildman–Crippen MR) is 78.1 cm³/mol. The van der Waals surface area contributed by atoms with Crippen LogP contribution in [0.4, 0.5) is 10.1 Å². The topological polar surface area (TPSA) is 72.2 Å². The van der Waals surface area contributed by atoms with Crippen LogP contribution in [0.1, 0.15) is 13.8 Å². The average Bonchev–Trinajstić information content (AvgIpc) is 2.30. The highest BCUT2D eigenvalue weighted by Crippen LogP contribution is 2.34. The van der Waals surface area contributed by atoms with Gasteiger partial charge in [0, 0.05) is 6.54 Å². The Morgan fingerprint density at radius 2 is 2.16 bits per heavy atom. The number of benzene rings is 1. The van der Waals surface area contributed by atoms with Crippen molar-refractivity contribution in [1.29, 1.82) is 0 Å². The quantitative estimate of drug-likeness (QED) is 0.485. The van der Waals surface area contributed by atoms with E-state index in [1.165, 1.54) is 0 Å². The molecule has 106 valence electrons. The number of hydrogen-bond acceptors (Lipinski definition) is 3. The Labute approximate surface area is 125 Å². The van der Waals surface area contributed by atoms with Gasteiger partial charge >= 0.3 is 0 Å². The third kappa shape index (κ3) is 3.92. The number of nitrogens with two attached hydrogens (primary N) is 1. The zero-order valence-electron chi connectivity index (χ0n) is 10.3. The molecular formula is C11H13BrClFN2O2S. The maximum Gasteiger partial charge on any atom is 0.243 e. The summed E-state index contributed by atoms with van der Waals surface area (Å²) in [6.45, 7) is 3.71. The molecule has 1 rings (SSSR count). The molecule has 0 amide bonds. The van der Waals surface area contributed by atoms with Gasteiger partial charge in [0.1, 0.15) is 4.90 Å². The largest absolute Gasteiger partial charge is 0.395 e. The number of rotatable bonds is 4. The summed E-state index contributed by atoms with van der Waals surface area (Å²) in [7, 11) is -4.00. The molecule has 0 aromatic heterocycles. The van der Waals surface area contributed by atoms with Gasteiger partial charge in [-0.05, 0) is 35.8 Å². The molecule has 0 aliphatic rings. The van der Waals surface area contributed by atoms with E-state index in [9.17, 15) is 12.8 Å². The van der Waals surface area contributed by atoms with E-state index >= 15 is 0 Å². The number of nitrogens with one attached hydrogen (secondary N) is 1. The first-order valence-corrected chi connectivity index (χ1v) is 7.88. The number of hydrogen-bond donors (Lipinski definition) is 2. The van der Waals surface area contributed by atoms with Gasteiger partial charge in [-0.15, -0.1) is 0 Å². The van der Waals surface area contributed by atoms with E-state index in [4.69, 9.17) is 17.3 Å². The van der Waals surface area contributed by atoms with Crippen molar-refractivity contribution in [3.8, 4) is 0 Å². The molecular weight excluding hydrogens is 359 g/mol. The Morgan fingerprint density at radius 1 is 1.58 bits per heavy atom. The van der Waals surface area contributed by atoms with Gasteiger partial charge in [0.2, 0.25) is 10.0 Å². The molecule has 0 bridgehead atoms. The van der Waals surface area contributed by atoms with Crippen molar-refractivity contribution in [3.05, 3.63) is 33.0 Å². The molecule has 0 spiro atoms. The number of allylic oxidation sites excluding steroid dienone is 1. The van der Waals surface area contributed by atoms with Gasteiger partial charge in [-0.3, -0.25) is 0 Å². The molecule has 0 saturated heterocycles. The van der Waals surface area contributed by atoms with Crippen LogP contribution in [-0.2, 0) is 10.0 Å². The normalized spacial score (nSPS) is 11.4. The van der Waals surface area contributed by atoms with E-state index in [0.29, 0.717) is 0 Å². The first-order valence-electron chi connectivity index (χ1n) is 5.23. The lowest BCUT2D eigenvalue weighted by molar-refractivity contribution is 0.561. The number of anilines is 1. The van der Waals surface area contributed by atoms with Crippen molar-refractivity contribution in [3.63, 3.8) is 0 Å². The van der Waals surface area contributed by atoms with Gasteiger partial charge in [-0.25, -0.2) is 17.5 Å². The molecule has 0 saturated carbocycles. The predicted octanol–water partition coefficient (Wildman–Crippen LogP) is 3.07. The molecule has 4 nitrogen and oxygen atoms in total. The average molecular weight is 372 g/mol. The maximum atomic E-state index is 13.9. The summed E-state index contributed by atoms with van der Waals surface area (Å²) in [5, 5.41) is 0.0292. The SMILES string of the molecule is CC(C)=CCNS(=O)(=O)c1cc(Cl)c(Br)c(N)c1F. The molecule has 0 atom stereocenters. The van der Waals surface area contributed by atoms with Gasteiger partial charge < -0.3 is 5.73 Å². The van der Waals surface area contributed by atoms with Crippen LogP contribution in [0.15, 0.2) is 27.1 Å². The first kappa shape index (κ1) is 16.4. The zero-order chi connectivity index (χ0) is 14.8. The first-order chi connectivity index (χ1) is 8.66. The van der Waals surface area contributed by atoms with Crippen molar-refractivity contribution in [2.24, 2.45) is 0 Å². The Hall–Kier alpha value is -0.630. The standard InChI is InChI=1S/C11H13BrClFN2O2S/c1-6(2)3-4-16-19(17,18)8-5-7(13)9(12)11(15)10(8)14/h3,5,16H,4,15H2,1-2H3. The lowest BCUT2D eigenvalue weighted by Gasteiger charge is -2.10. The van der Waals surface area contributed by atoms with Crippen LogP contribution in [-0.4, -0.2) is 15.0 Å². The van der Waals surface area contributed by atoms with E-state index in [-0.39, 0.29) is 21.7 Å².